The van der Waals surface area contributed by atoms with Crippen LogP contribution >= 0.6 is 11.3 Å². The number of rotatable bonds is 13. The number of ether oxygens (including phenoxy) is 4. The van der Waals surface area contributed by atoms with Gasteiger partial charge in [0.25, 0.3) is 0 Å². The Hall–Kier alpha value is -2.56. The van der Waals surface area contributed by atoms with Crippen LogP contribution in [0.25, 0.3) is 10.4 Å². The molecule has 1 saturated heterocycles. The first-order chi connectivity index (χ1) is 19.0. The Labute approximate surface area is 234 Å². The van der Waals surface area contributed by atoms with Gasteiger partial charge in [0.15, 0.2) is 0 Å². The molecule has 1 aliphatic heterocycles. The molecular weight excluding hydrogens is 518 g/mol. The van der Waals surface area contributed by atoms with Gasteiger partial charge in [0.2, 0.25) is 6.79 Å². The van der Waals surface area contributed by atoms with Crippen LogP contribution in [0, 0.1) is 5.92 Å². The molecule has 8 nitrogen and oxygen atoms in total. The van der Waals surface area contributed by atoms with Crippen molar-refractivity contribution in [2.24, 2.45) is 5.92 Å². The molecule has 1 aromatic heterocycles. The van der Waals surface area contributed by atoms with Crippen LogP contribution in [-0.4, -0.2) is 73.3 Å². The lowest BCUT2D eigenvalue weighted by Crippen LogP contribution is -2.50. The SMILES string of the molecule is CC(=O)OCOC(=O)CC/C=C\CCC1[C@@H](OCc2ccc(-c3cccs3)cc2)C[C@@H](O)[C@@H]1N1CCOCC1. The molecule has 2 aliphatic rings. The summed E-state index contributed by atoms with van der Waals surface area (Å²) in [5.41, 5.74) is 2.33. The van der Waals surface area contributed by atoms with Gasteiger partial charge in [-0.1, -0.05) is 42.5 Å². The zero-order valence-corrected chi connectivity index (χ0v) is 23.4. The first-order valence-electron chi connectivity index (χ1n) is 13.7. The molecule has 9 heteroatoms. The first kappa shape index (κ1) is 29.4. The van der Waals surface area contributed by atoms with E-state index in [2.05, 4.69) is 57.5 Å². The smallest absolute Gasteiger partial charge is 0.308 e. The van der Waals surface area contributed by atoms with Crippen molar-refractivity contribution in [2.45, 2.75) is 63.9 Å². The predicted octanol–water partition coefficient (Wildman–Crippen LogP) is 4.56. The van der Waals surface area contributed by atoms with Gasteiger partial charge < -0.3 is 24.1 Å². The van der Waals surface area contributed by atoms with Crippen molar-refractivity contribution < 1.29 is 33.6 Å². The number of thiophene rings is 1. The fraction of sp³-hybridized carbons (Fsp3) is 0.533. The number of aliphatic hydroxyl groups is 1. The van der Waals surface area contributed by atoms with Gasteiger partial charge >= 0.3 is 11.9 Å². The van der Waals surface area contributed by atoms with Crippen LogP contribution in [-0.2, 0) is 35.1 Å². The summed E-state index contributed by atoms with van der Waals surface area (Å²) in [6.07, 6.45) is 6.72. The van der Waals surface area contributed by atoms with E-state index in [-0.39, 0.29) is 31.3 Å². The fourth-order valence-electron chi connectivity index (χ4n) is 5.38. The lowest BCUT2D eigenvalue weighted by Gasteiger charge is -2.38. The molecule has 1 N–H and O–H groups in total. The average molecular weight is 558 g/mol. The monoisotopic (exact) mass is 557 g/mol. The maximum Gasteiger partial charge on any atom is 0.308 e. The zero-order valence-electron chi connectivity index (χ0n) is 22.5. The van der Waals surface area contributed by atoms with Gasteiger partial charge in [-0.15, -0.1) is 11.3 Å². The Morgan fingerprint density at radius 2 is 1.87 bits per heavy atom. The van der Waals surface area contributed by atoms with E-state index in [1.807, 2.05) is 6.08 Å². The van der Waals surface area contributed by atoms with E-state index in [4.69, 9.17) is 14.2 Å². The summed E-state index contributed by atoms with van der Waals surface area (Å²) in [5.74, 6) is -0.685. The number of esters is 2. The number of benzene rings is 1. The second-order valence-corrected chi connectivity index (χ2v) is 10.9. The van der Waals surface area contributed by atoms with Crippen LogP contribution in [0.4, 0.5) is 0 Å². The first-order valence-corrected chi connectivity index (χ1v) is 14.6. The van der Waals surface area contributed by atoms with Crippen LogP contribution < -0.4 is 0 Å². The molecule has 0 spiro atoms. The summed E-state index contributed by atoms with van der Waals surface area (Å²) < 4.78 is 21.5. The zero-order chi connectivity index (χ0) is 27.5. The third-order valence-electron chi connectivity index (χ3n) is 7.31. The van der Waals surface area contributed by atoms with Crippen molar-refractivity contribution in [3.8, 4) is 10.4 Å². The Balaban J connectivity index is 1.29. The lowest BCUT2D eigenvalue weighted by atomic mass is 9.93. The molecule has 4 atom stereocenters. The summed E-state index contributed by atoms with van der Waals surface area (Å²) in [4.78, 5) is 26.1. The van der Waals surface area contributed by atoms with Gasteiger partial charge in [0.1, 0.15) is 0 Å². The van der Waals surface area contributed by atoms with Crippen LogP contribution in [0.2, 0.25) is 0 Å². The van der Waals surface area contributed by atoms with E-state index < -0.39 is 18.0 Å². The molecule has 2 fully saturated rings. The lowest BCUT2D eigenvalue weighted by molar-refractivity contribution is -0.165. The number of aliphatic hydroxyl groups excluding tert-OH is 1. The van der Waals surface area contributed by atoms with Gasteiger partial charge in [0.05, 0.1) is 32.0 Å². The van der Waals surface area contributed by atoms with E-state index in [0.717, 1.165) is 31.5 Å². The quantitative estimate of drug-likeness (QED) is 0.218. The Kier molecular flexibility index (Phi) is 11.5. The normalized spacial score (nSPS) is 23.7. The van der Waals surface area contributed by atoms with Gasteiger partial charge in [0, 0.05) is 49.7 Å². The molecule has 0 bridgehead atoms. The van der Waals surface area contributed by atoms with Gasteiger partial charge in [-0.25, -0.2) is 0 Å². The highest BCUT2D eigenvalue weighted by atomic mass is 32.1. The molecule has 1 aliphatic carbocycles. The molecule has 1 unspecified atom stereocenters. The molecule has 1 aromatic carbocycles. The summed E-state index contributed by atoms with van der Waals surface area (Å²) in [6, 6.07) is 12.7. The molecular formula is C30H39NO7S. The summed E-state index contributed by atoms with van der Waals surface area (Å²) in [7, 11) is 0. The number of hydrogen-bond donors (Lipinski definition) is 1. The molecule has 0 radical (unpaired) electrons. The topological polar surface area (TPSA) is 94.5 Å². The van der Waals surface area contributed by atoms with E-state index >= 15 is 0 Å². The second-order valence-electron chi connectivity index (χ2n) is 9.99. The largest absolute Gasteiger partial charge is 0.428 e. The Morgan fingerprint density at radius 3 is 2.59 bits per heavy atom. The van der Waals surface area contributed by atoms with Crippen molar-refractivity contribution in [3.63, 3.8) is 0 Å². The highest BCUT2D eigenvalue weighted by molar-refractivity contribution is 7.13. The third kappa shape index (κ3) is 8.98. The number of allylic oxidation sites excluding steroid dienone is 2. The summed E-state index contributed by atoms with van der Waals surface area (Å²) in [5, 5.41) is 13.1. The minimum atomic E-state index is -0.482. The third-order valence-corrected chi connectivity index (χ3v) is 8.22. The van der Waals surface area contributed by atoms with Crippen LogP contribution in [0.5, 0.6) is 0 Å². The maximum absolute atomic E-state index is 11.7. The number of carbonyl (C=O) groups excluding carboxylic acids is 2. The molecule has 212 valence electrons. The van der Waals surface area contributed by atoms with Gasteiger partial charge in [-0.2, -0.15) is 0 Å². The maximum atomic E-state index is 11.7. The van der Waals surface area contributed by atoms with Crippen molar-refractivity contribution in [1.29, 1.82) is 0 Å². The summed E-state index contributed by atoms with van der Waals surface area (Å²) >= 11 is 1.73. The van der Waals surface area contributed by atoms with E-state index in [0.29, 0.717) is 32.7 Å². The minimum absolute atomic E-state index is 0.0329. The number of hydrogen-bond acceptors (Lipinski definition) is 9. The van der Waals surface area contributed by atoms with Gasteiger partial charge in [-0.05, 0) is 41.8 Å². The number of carbonyl (C=O) groups is 2. The summed E-state index contributed by atoms with van der Waals surface area (Å²) in [6.45, 7) is 4.45. The standard InChI is InChI=1S/C30H39NO7S/c1-22(32)37-21-38-29(34)9-5-3-2-4-7-25-27(19-26(33)30(25)31-14-16-35-17-15-31)36-20-23-10-12-24(13-11-23)28-8-6-18-39-28/h2-3,6,8,10-13,18,25-27,30,33H,4-5,7,9,14-17,19-21H2,1H3/b3-2-/t25?,26-,27+,30-/m1/s1. The Morgan fingerprint density at radius 1 is 1.10 bits per heavy atom. The second kappa shape index (κ2) is 15.3. The van der Waals surface area contributed by atoms with Crippen molar-refractivity contribution >= 4 is 23.3 Å². The molecule has 0 amide bonds. The molecule has 2 aromatic rings. The van der Waals surface area contributed by atoms with Crippen molar-refractivity contribution in [2.75, 3.05) is 33.1 Å². The average Bonchev–Trinajstić information content (AvgIpc) is 3.58. The van der Waals surface area contributed by atoms with Gasteiger partial charge in [-0.3, -0.25) is 14.5 Å². The number of nitrogens with zero attached hydrogens (tertiary/aromatic N) is 1. The number of morpholine rings is 1. The van der Waals surface area contributed by atoms with E-state index in [1.54, 1.807) is 11.3 Å². The highest BCUT2D eigenvalue weighted by Gasteiger charge is 2.45. The van der Waals surface area contributed by atoms with Crippen LogP contribution in [0.15, 0.2) is 53.9 Å². The van der Waals surface area contributed by atoms with Crippen molar-refractivity contribution in [1.82, 2.24) is 4.90 Å². The van der Waals surface area contributed by atoms with Crippen LogP contribution in [0.1, 0.15) is 44.6 Å². The minimum Gasteiger partial charge on any atom is -0.428 e. The molecule has 39 heavy (non-hydrogen) atoms. The highest BCUT2D eigenvalue weighted by Crippen LogP contribution is 2.37. The van der Waals surface area contributed by atoms with Crippen LogP contribution in [0.3, 0.4) is 0 Å². The fourth-order valence-corrected chi connectivity index (χ4v) is 6.12. The predicted molar refractivity (Wildman–Crippen MR) is 149 cm³/mol. The van der Waals surface area contributed by atoms with E-state index in [1.165, 1.54) is 17.4 Å². The van der Waals surface area contributed by atoms with Crippen molar-refractivity contribution in [3.05, 3.63) is 59.5 Å². The van der Waals surface area contributed by atoms with E-state index in [9.17, 15) is 14.7 Å². The molecule has 2 heterocycles. The molecule has 1 saturated carbocycles. The molecule has 4 rings (SSSR count). The Bertz CT molecular complexity index is 1050.